The molecule has 4 atom stereocenters. The summed E-state index contributed by atoms with van der Waals surface area (Å²) in [5.41, 5.74) is -3.27. The quantitative estimate of drug-likeness (QED) is 0.430. The summed E-state index contributed by atoms with van der Waals surface area (Å²) in [7, 11) is 0. The van der Waals surface area contributed by atoms with E-state index in [0.717, 1.165) is 29.4 Å². The minimum Gasteiger partial charge on any atom is -0.394 e. The Bertz CT molecular complexity index is 1150. The van der Waals surface area contributed by atoms with Gasteiger partial charge >= 0.3 is 11.4 Å². The highest BCUT2D eigenvalue weighted by Crippen LogP contribution is 2.35. The maximum atomic E-state index is 14.3. The van der Waals surface area contributed by atoms with Gasteiger partial charge < -0.3 is 19.7 Å². The fourth-order valence-corrected chi connectivity index (χ4v) is 3.20. The number of alkyl halides is 1. The molecular weight excluding hydrogens is 426 g/mol. The third-order valence-corrected chi connectivity index (χ3v) is 4.73. The van der Waals surface area contributed by atoms with Crippen molar-refractivity contribution in [2.24, 2.45) is 0 Å². The molecule has 4 N–H and O–H groups in total. The SMILES string of the molecule is O=c1[nH]c(=O)n(C2CCCO2)cc1F.O=c1ccn([C@@]2(F)C[C@H](O)[C@@H](CO)O2)c(=O)[nH]1. The molecule has 0 radical (unpaired) electrons. The number of aromatic nitrogens is 4. The summed E-state index contributed by atoms with van der Waals surface area (Å²) in [5, 5.41) is 18.3. The van der Waals surface area contributed by atoms with Gasteiger partial charge in [0, 0.05) is 18.9 Å². The summed E-state index contributed by atoms with van der Waals surface area (Å²) in [6.45, 7) is -0.0111. The number of aliphatic hydroxyl groups is 2. The smallest absolute Gasteiger partial charge is 0.332 e. The molecule has 12 nitrogen and oxygen atoms in total. The van der Waals surface area contributed by atoms with Gasteiger partial charge in [0.1, 0.15) is 12.3 Å². The molecule has 0 bridgehead atoms. The molecule has 2 aromatic heterocycles. The molecule has 2 aliphatic heterocycles. The van der Waals surface area contributed by atoms with Crippen molar-refractivity contribution >= 4 is 0 Å². The molecule has 0 saturated carbocycles. The highest BCUT2D eigenvalue weighted by atomic mass is 19.2. The minimum atomic E-state index is -2.56. The largest absolute Gasteiger partial charge is 0.394 e. The molecular formula is C17H20F2N4O8. The van der Waals surface area contributed by atoms with Gasteiger partial charge in [0.25, 0.3) is 17.1 Å². The van der Waals surface area contributed by atoms with Crippen LogP contribution in [0.15, 0.2) is 37.6 Å². The van der Waals surface area contributed by atoms with Crippen molar-refractivity contribution in [1.82, 2.24) is 19.1 Å². The molecule has 0 aliphatic carbocycles. The average Bonchev–Trinajstić information content (AvgIpc) is 3.33. The van der Waals surface area contributed by atoms with Crippen molar-refractivity contribution in [2.45, 2.75) is 43.7 Å². The first-order chi connectivity index (χ1) is 14.6. The first-order valence-electron chi connectivity index (χ1n) is 9.25. The standard InChI is InChI=1S/C9H11FN2O5.C8H9FN2O3/c10-9(3-5(14)6(4-13)17-9)12-2-1-7(15)11-8(12)16;9-5-4-11(6-2-1-3-14-6)8(13)10-7(5)12/h1-2,5-6,13-14H,3-4H2,(H,11,15,16);4,6H,1-3H2,(H,10,12,13)/t5-,6+,9-;/m0./s1. The molecule has 14 heteroatoms. The van der Waals surface area contributed by atoms with Crippen molar-refractivity contribution in [3.8, 4) is 0 Å². The van der Waals surface area contributed by atoms with Crippen LogP contribution in [0.3, 0.4) is 0 Å². The predicted molar refractivity (Wildman–Crippen MR) is 98.5 cm³/mol. The molecule has 0 spiro atoms. The second-order valence-electron chi connectivity index (χ2n) is 6.89. The van der Waals surface area contributed by atoms with E-state index in [1.807, 2.05) is 9.97 Å². The summed E-state index contributed by atoms with van der Waals surface area (Å²) in [6.07, 6.45) is 0.0505. The van der Waals surface area contributed by atoms with E-state index in [2.05, 4.69) is 0 Å². The first kappa shape index (κ1) is 22.7. The highest BCUT2D eigenvalue weighted by Gasteiger charge is 2.48. The third-order valence-electron chi connectivity index (χ3n) is 4.73. The van der Waals surface area contributed by atoms with Crippen LogP contribution in [-0.4, -0.2) is 54.7 Å². The van der Waals surface area contributed by atoms with E-state index >= 15 is 0 Å². The van der Waals surface area contributed by atoms with Gasteiger partial charge in [-0.25, -0.2) is 14.2 Å². The van der Waals surface area contributed by atoms with Gasteiger partial charge in [0.2, 0.25) is 5.82 Å². The first-order valence-corrected chi connectivity index (χ1v) is 9.25. The Hall–Kier alpha value is -2.94. The van der Waals surface area contributed by atoms with Gasteiger partial charge in [-0.05, 0) is 12.8 Å². The average molecular weight is 446 g/mol. The van der Waals surface area contributed by atoms with Gasteiger partial charge in [0.15, 0.2) is 0 Å². The molecule has 2 saturated heterocycles. The van der Waals surface area contributed by atoms with Gasteiger partial charge in [-0.15, -0.1) is 0 Å². The molecule has 2 aliphatic rings. The van der Waals surface area contributed by atoms with Crippen LogP contribution in [0, 0.1) is 5.82 Å². The third kappa shape index (κ3) is 4.87. The van der Waals surface area contributed by atoms with E-state index < -0.39 is 65.8 Å². The summed E-state index contributed by atoms with van der Waals surface area (Å²) < 4.78 is 38.7. The number of halogens is 2. The zero-order chi connectivity index (χ0) is 22.8. The maximum absolute atomic E-state index is 14.3. The lowest BCUT2D eigenvalue weighted by molar-refractivity contribution is -0.205. The topological polar surface area (TPSA) is 169 Å². The lowest BCUT2D eigenvalue weighted by Crippen LogP contribution is -2.41. The molecule has 0 aromatic carbocycles. The highest BCUT2D eigenvalue weighted by molar-refractivity contribution is 4.91. The van der Waals surface area contributed by atoms with E-state index in [-0.39, 0.29) is 0 Å². The Kier molecular flexibility index (Phi) is 6.64. The summed E-state index contributed by atoms with van der Waals surface area (Å²) in [5.74, 6) is -3.53. The molecule has 4 rings (SSSR count). The van der Waals surface area contributed by atoms with Crippen molar-refractivity contribution in [3.05, 3.63) is 66.0 Å². The molecule has 1 unspecified atom stereocenters. The van der Waals surface area contributed by atoms with Crippen LogP contribution in [0.5, 0.6) is 0 Å². The van der Waals surface area contributed by atoms with Gasteiger partial charge in [0.05, 0.1) is 25.3 Å². The Morgan fingerprint density at radius 3 is 2.55 bits per heavy atom. The molecule has 170 valence electrons. The summed E-state index contributed by atoms with van der Waals surface area (Å²) in [4.78, 5) is 47.9. The fraction of sp³-hybridized carbons (Fsp3) is 0.529. The second kappa shape index (κ2) is 9.05. The second-order valence-corrected chi connectivity index (χ2v) is 6.89. The normalized spacial score (nSPS) is 27.7. The van der Waals surface area contributed by atoms with Gasteiger partial charge in [-0.3, -0.25) is 24.1 Å². The number of nitrogens with one attached hydrogen (secondary N) is 2. The van der Waals surface area contributed by atoms with Crippen LogP contribution in [0.2, 0.25) is 0 Å². The van der Waals surface area contributed by atoms with Gasteiger partial charge in [-0.1, -0.05) is 0 Å². The van der Waals surface area contributed by atoms with Crippen molar-refractivity contribution in [3.63, 3.8) is 0 Å². The molecule has 0 amide bonds. The van der Waals surface area contributed by atoms with E-state index in [1.165, 1.54) is 0 Å². The number of hydrogen-bond acceptors (Lipinski definition) is 8. The summed E-state index contributed by atoms with van der Waals surface area (Å²) in [6, 6.07) is 0.963. The Morgan fingerprint density at radius 1 is 1.23 bits per heavy atom. The van der Waals surface area contributed by atoms with Crippen LogP contribution in [0.25, 0.3) is 0 Å². The van der Waals surface area contributed by atoms with E-state index in [1.54, 1.807) is 0 Å². The number of H-pyrrole nitrogens is 2. The number of rotatable bonds is 3. The molecule has 31 heavy (non-hydrogen) atoms. The van der Waals surface area contributed by atoms with E-state index in [9.17, 15) is 33.1 Å². The maximum Gasteiger partial charge on any atom is 0.332 e. The number of aliphatic hydroxyl groups excluding tert-OH is 2. The minimum absolute atomic E-state index is 0.450. The van der Waals surface area contributed by atoms with E-state index in [4.69, 9.17) is 14.6 Å². The number of nitrogens with zero attached hydrogens (tertiary/aromatic N) is 2. The Labute approximate surface area is 171 Å². The number of hydrogen-bond donors (Lipinski definition) is 4. The molecule has 4 heterocycles. The predicted octanol–water partition coefficient (Wildman–Crippen LogP) is -1.76. The lowest BCUT2D eigenvalue weighted by atomic mass is 10.2. The lowest BCUT2D eigenvalue weighted by Gasteiger charge is -2.21. The zero-order valence-corrected chi connectivity index (χ0v) is 16.0. The van der Waals surface area contributed by atoms with Crippen molar-refractivity contribution in [1.29, 1.82) is 0 Å². The Morgan fingerprint density at radius 2 is 1.97 bits per heavy atom. The summed E-state index contributed by atoms with van der Waals surface area (Å²) >= 11 is 0. The molecule has 2 aromatic rings. The zero-order valence-electron chi connectivity index (χ0n) is 16.0. The fourth-order valence-electron chi connectivity index (χ4n) is 3.20. The Balaban J connectivity index is 0.000000179. The van der Waals surface area contributed by atoms with E-state index in [0.29, 0.717) is 17.6 Å². The van der Waals surface area contributed by atoms with Crippen LogP contribution in [0.1, 0.15) is 25.5 Å². The monoisotopic (exact) mass is 446 g/mol. The number of ether oxygens (including phenoxy) is 2. The van der Waals surface area contributed by atoms with Crippen molar-refractivity contribution in [2.75, 3.05) is 13.2 Å². The van der Waals surface area contributed by atoms with Crippen molar-refractivity contribution < 1.29 is 28.5 Å². The number of aromatic amines is 2. The van der Waals surface area contributed by atoms with Crippen LogP contribution in [-0.2, 0) is 15.5 Å². The van der Waals surface area contributed by atoms with Gasteiger partial charge in [-0.2, -0.15) is 8.78 Å². The molecule has 2 fully saturated rings. The van der Waals surface area contributed by atoms with Crippen LogP contribution >= 0.6 is 0 Å². The van der Waals surface area contributed by atoms with Crippen LogP contribution in [0.4, 0.5) is 8.78 Å². The van der Waals surface area contributed by atoms with Crippen LogP contribution < -0.4 is 22.5 Å².